The number of carboxylic acids is 1. The molecule has 0 aliphatic heterocycles. The lowest BCUT2D eigenvalue weighted by Crippen LogP contribution is -2.18. The number of fused-ring (bicyclic) bond motifs is 1. The van der Waals surface area contributed by atoms with Crippen molar-refractivity contribution in [2.24, 2.45) is 0 Å². The van der Waals surface area contributed by atoms with Crippen LogP contribution in [-0.4, -0.2) is 25.9 Å². The number of carboxylic acid groups (broad SMARTS) is 1. The summed E-state index contributed by atoms with van der Waals surface area (Å²) in [6.07, 6.45) is 7.76. The van der Waals surface area contributed by atoms with Crippen molar-refractivity contribution >= 4 is 52.4 Å². The highest BCUT2D eigenvalue weighted by Gasteiger charge is 2.47. The third-order valence-electron chi connectivity index (χ3n) is 7.43. The summed E-state index contributed by atoms with van der Waals surface area (Å²) >= 11 is 7.97. The monoisotopic (exact) mass is 571 g/mol. The van der Waals surface area contributed by atoms with Crippen LogP contribution < -0.4 is 0 Å². The highest BCUT2D eigenvalue weighted by molar-refractivity contribution is 8.01. The average molecular weight is 572 g/mol. The summed E-state index contributed by atoms with van der Waals surface area (Å²) in [6, 6.07) is 26.3. The van der Waals surface area contributed by atoms with E-state index in [0.717, 1.165) is 59.0 Å². The first-order valence-corrected chi connectivity index (χ1v) is 14.9. The van der Waals surface area contributed by atoms with E-state index in [9.17, 15) is 15.0 Å². The Kier molecular flexibility index (Phi) is 8.37. The van der Waals surface area contributed by atoms with Gasteiger partial charge >= 0.3 is 5.97 Å². The molecule has 3 aromatic carbocycles. The Morgan fingerprint density at radius 2 is 1.82 bits per heavy atom. The standard InChI is InChI=1S/C34H34ClNO3S/c1-33(2,39)29-9-4-3-7-24(29)13-17-31(40-34(18-19-34)22-32(37)38)26-8-5-6-23(20-26)10-15-28-16-12-25-11-14-27(35)21-30(25)36-28/h3-12,14-16,20-21,31,39H,13,17-19,22H2,1-2H3,(H,37,38)/b15-10+/t31-/m1/s1. The summed E-state index contributed by atoms with van der Waals surface area (Å²) < 4.78 is -0.200. The van der Waals surface area contributed by atoms with Gasteiger partial charge in [-0.1, -0.05) is 78.3 Å². The molecule has 1 aliphatic carbocycles. The van der Waals surface area contributed by atoms with Gasteiger partial charge in [0.1, 0.15) is 0 Å². The summed E-state index contributed by atoms with van der Waals surface area (Å²) in [6.45, 7) is 3.64. The van der Waals surface area contributed by atoms with Crippen LogP contribution >= 0.6 is 23.4 Å². The number of thioether (sulfide) groups is 1. The Balaban J connectivity index is 1.40. The number of aromatic nitrogens is 1. The molecule has 1 heterocycles. The lowest BCUT2D eigenvalue weighted by molar-refractivity contribution is -0.137. The summed E-state index contributed by atoms with van der Waals surface area (Å²) in [7, 11) is 0. The van der Waals surface area contributed by atoms with Gasteiger partial charge in [0.15, 0.2) is 0 Å². The fraction of sp³-hybridized carbons (Fsp3) is 0.294. The molecule has 1 aromatic heterocycles. The van der Waals surface area contributed by atoms with E-state index in [2.05, 4.69) is 36.4 Å². The Bertz CT molecular complexity index is 1550. The predicted octanol–water partition coefficient (Wildman–Crippen LogP) is 8.70. The number of hydrogen-bond donors (Lipinski definition) is 2. The third kappa shape index (κ3) is 7.14. The van der Waals surface area contributed by atoms with E-state index in [1.165, 1.54) is 5.56 Å². The number of halogens is 1. The smallest absolute Gasteiger partial charge is 0.304 e. The molecule has 2 N–H and O–H groups in total. The van der Waals surface area contributed by atoms with Gasteiger partial charge in [-0.25, -0.2) is 4.98 Å². The van der Waals surface area contributed by atoms with E-state index in [-0.39, 0.29) is 16.4 Å². The van der Waals surface area contributed by atoms with Crippen LogP contribution in [0, 0.1) is 0 Å². The van der Waals surface area contributed by atoms with Crippen molar-refractivity contribution in [3.8, 4) is 0 Å². The van der Waals surface area contributed by atoms with Crippen LogP contribution in [0.25, 0.3) is 23.1 Å². The zero-order valence-electron chi connectivity index (χ0n) is 22.8. The second kappa shape index (κ2) is 11.8. The Morgan fingerprint density at radius 1 is 1.05 bits per heavy atom. The summed E-state index contributed by atoms with van der Waals surface area (Å²) in [4.78, 5) is 16.4. The minimum absolute atomic E-state index is 0.131. The largest absolute Gasteiger partial charge is 0.481 e. The SMILES string of the molecule is CC(C)(O)c1ccccc1CC[C@@H](SC1(CC(=O)O)CC1)c1cccc(/C=C/c2ccc3ccc(Cl)cc3n2)c1. The van der Waals surface area contributed by atoms with Gasteiger partial charge in [-0.15, -0.1) is 11.8 Å². The van der Waals surface area contributed by atoms with Gasteiger partial charge in [-0.05, 0) is 86.1 Å². The summed E-state index contributed by atoms with van der Waals surface area (Å²) in [5.41, 5.74) is 5.10. The molecule has 0 spiro atoms. The molecule has 1 saturated carbocycles. The van der Waals surface area contributed by atoms with Crippen molar-refractivity contribution in [3.63, 3.8) is 0 Å². The zero-order chi connectivity index (χ0) is 28.3. The maximum atomic E-state index is 11.6. The van der Waals surface area contributed by atoms with E-state index in [1.807, 2.05) is 68.5 Å². The molecule has 6 heteroatoms. The topological polar surface area (TPSA) is 70.4 Å². The van der Waals surface area contributed by atoms with Gasteiger partial charge < -0.3 is 10.2 Å². The van der Waals surface area contributed by atoms with Gasteiger partial charge in [0.2, 0.25) is 0 Å². The molecule has 4 aromatic rings. The first-order valence-electron chi connectivity index (χ1n) is 13.7. The number of nitrogens with zero attached hydrogens (tertiary/aromatic N) is 1. The molecule has 4 nitrogen and oxygen atoms in total. The van der Waals surface area contributed by atoms with Crippen molar-refractivity contribution in [2.45, 2.75) is 61.5 Å². The maximum absolute atomic E-state index is 11.6. The first kappa shape index (κ1) is 28.4. The molecule has 206 valence electrons. The van der Waals surface area contributed by atoms with Gasteiger partial charge in [-0.3, -0.25) is 4.79 Å². The normalized spacial score (nSPS) is 15.4. The fourth-order valence-electron chi connectivity index (χ4n) is 5.21. The van der Waals surface area contributed by atoms with Crippen molar-refractivity contribution < 1.29 is 15.0 Å². The average Bonchev–Trinajstić information content (AvgIpc) is 3.67. The van der Waals surface area contributed by atoms with Crippen molar-refractivity contribution in [3.05, 3.63) is 112 Å². The van der Waals surface area contributed by atoms with Crippen molar-refractivity contribution in [1.82, 2.24) is 4.98 Å². The molecule has 1 atom stereocenters. The van der Waals surface area contributed by atoms with E-state index in [1.54, 1.807) is 11.8 Å². The minimum Gasteiger partial charge on any atom is -0.481 e. The molecule has 40 heavy (non-hydrogen) atoms. The van der Waals surface area contributed by atoms with Crippen LogP contribution in [0.3, 0.4) is 0 Å². The lowest BCUT2D eigenvalue weighted by atomic mass is 9.90. The van der Waals surface area contributed by atoms with E-state index < -0.39 is 11.6 Å². The van der Waals surface area contributed by atoms with Gasteiger partial charge in [0, 0.05) is 20.4 Å². The molecule has 0 amide bonds. The molecule has 5 rings (SSSR count). The van der Waals surface area contributed by atoms with Crippen LogP contribution in [0.15, 0.2) is 78.9 Å². The quantitative estimate of drug-likeness (QED) is 0.188. The van der Waals surface area contributed by atoms with Gasteiger partial charge in [0.25, 0.3) is 0 Å². The summed E-state index contributed by atoms with van der Waals surface area (Å²) in [5, 5.41) is 22.1. The Hall–Kier alpha value is -3.12. The van der Waals surface area contributed by atoms with E-state index in [4.69, 9.17) is 16.6 Å². The molecule has 0 unspecified atom stereocenters. The highest BCUT2D eigenvalue weighted by Crippen LogP contribution is 2.57. The first-order chi connectivity index (χ1) is 19.1. The number of pyridine rings is 1. The molecule has 0 saturated heterocycles. The van der Waals surface area contributed by atoms with Crippen molar-refractivity contribution in [1.29, 1.82) is 0 Å². The van der Waals surface area contributed by atoms with Crippen LogP contribution in [0.5, 0.6) is 0 Å². The molecule has 1 fully saturated rings. The fourth-order valence-corrected chi connectivity index (χ4v) is 7.04. The summed E-state index contributed by atoms with van der Waals surface area (Å²) in [5.74, 6) is -0.739. The second-order valence-electron chi connectivity index (χ2n) is 11.2. The van der Waals surface area contributed by atoms with Crippen LogP contribution in [0.2, 0.25) is 5.02 Å². The molecule has 1 aliphatic rings. The van der Waals surface area contributed by atoms with E-state index in [0.29, 0.717) is 5.02 Å². The number of rotatable bonds is 11. The predicted molar refractivity (Wildman–Crippen MR) is 167 cm³/mol. The van der Waals surface area contributed by atoms with Crippen LogP contribution in [0.1, 0.15) is 72.7 Å². The zero-order valence-corrected chi connectivity index (χ0v) is 24.4. The third-order valence-corrected chi connectivity index (χ3v) is 9.51. The Morgan fingerprint density at radius 3 is 2.58 bits per heavy atom. The number of carbonyl (C=O) groups is 1. The molecule has 0 bridgehead atoms. The number of benzene rings is 3. The highest BCUT2D eigenvalue weighted by atomic mass is 35.5. The number of aliphatic hydroxyl groups is 1. The molecular weight excluding hydrogens is 538 g/mol. The number of aryl methyl sites for hydroxylation is 1. The Labute approximate surface area is 245 Å². The van der Waals surface area contributed by atoms with Gasteiger partial charge in [0.05, 0.1) is 23.2 Å². The van der Waals surface area contributed by atoms with Crippen LogP contribution in [0.4, 0.5) is 0 Å². The van der Waals surface area contributed by atoms with Crippen LogP contribution in [-0.2, 0) is 16.8 Å². The number of aliphatic carboxylic acids is 1. The second-order valence-corrected chi connectivity index (χ2v) is 13.3. The lowest BCUT2D eigenvalue weighted by Gasteiger charge is -2.25. The minimum atomic E-state index is -0.924. The molecule has 0 radical (unpaired) electrons. The van der Waals surface area contributed by atoms with Crippen molar-refractivity contribution in [2.75, 3.05) is 0 Å². The number of hydrogen-bond acceptors (Lipinski definition) is 4. The van der Waals surface area contributed by atoms with Gasteiger partial charge in [-0.2, -0.15) is 0 Å². The van der Waals surface area contributed by atoms with E-state index >= 15 is 0 Å². The molecular formula is C34H34ClNO3S. The maximum Gasteiger partial charge on any atom is 0.304 e.